The lowest BCUT2D eigenvalue weighted by molar-refractivity contribution is 0.118. The van der Waals surface area contributed by atoms with Gasteiger partial charge in [-0.3, -0.25) is 0 Å². The smallest absolute Gasteiger partial charge is 0.348 e. The number of thioether (sulfide) groups is 3. The third kappa shape index (κ3) is 7.27. The van der Waals surface area contributed by atoms with Crippen molar-refractivity contribution in [2.75, 3.05) is 60.6 Å². The molecule has 198 valence electrons. The van der Waals surface area contributed by atoms with Gasteiger partial charge in [-0.25, -0.2) is 4.39 Å². The summed E-state index contributed by atoms with van der Waals surface area (Å²) in [6, 6.07) is 14.7. The third-order valence-corrected chi connectivity index (χ3v) is 9.19. The van der Waals surface area contributed by atoms with E-state index in [1.807, 2.05) is 59.9 Å². The van der Waals surface area contributed by atoms with Crippen molar-refractivity contribution in [3.05, 3.63) is 84.7 Å². The number of rotatable bonds is 10. The number of anilines is 1. The molecule has 1 N–H and O–H groups in total. The fourth-order valence-corrected chi connectivity index (χ4v) is 6.99. The molecule has 0 bridgehead atoms. The first-order valence-corrected chi connectivity index (χ1v) is 15.4. The Balaban J connectivity index is 1.40. The second kappa shape index (κ2) is 13.1. The maximum atomic E-state index is 14.9. The minimum absolute atomic E-state index is 0.104. The molecule has 3 nitrogen and oxygen atoms in total. The maximum absolute atomic E-state index is 14.9. The molecular formula is C28H32F3N3S3. The van der Waals surface area contributed by atoms with E-state index in [1.165, 1.54) is 0 Å². The van der Waals surface area contributed by atoms with Crippen LogP contribution in [0.15, 0.2) is 78.5 Å². The average molecular weight is 564 g/mol. The number of nitrogens with zero attached hydrogens (tertiary/aromatic N) is 2. The molecule has 2 aliphatic rings. The van der Waals surface area contributed by atoms with Gasteiger partial charge in [0.1, 0.15) is 0 Å². The lowest BCUT2D eigenvalue weighted by atomic mass is 10.0. The summed E-state index contributed by atoms with van der Waals surface area (Å²) in [4.78, 5) is 4.72. The number of alkyl halides is 2. The van der Waals surface area contributed by atoms with Crippen LogP contribution in [0, 0.1) is 0 Å². The molecule has 2 aliphatic heterocycles. The van der Waals surface area contributed by atoms with Crippen LogP contribution >= 0.6 is 35.3 Å². The van der Waals surface area contributed by atoms with E-state index in [4.69, 9.17) is 0 Å². The molecule has 0 aromatic heterocycles. The van der Waals surface area contributed by atoms with Crippen molar-refractivity contribution in [2.24, 2.45) is 0 Å². The lowest BCUT2D eigenvalue weighted by Gasteiger charge is -2.31. The van der Waals surface area contributed by atoms with Gasteiger partial charge in [0.25, 0.3) is 0 Å². The van der Waals surface area contributed by atoms with Gasteiger partial charge in [0, 0.05) is 83.2 Å². The average Bonchev–Trinajstić information content (AvgIpc) is 2.93. The van der Waals surface area contributed by atoms with Gasteiger partial charge < -0.3 is 15.1 Å². The maximum Gasteiger partial charge on any atom is 0.348 e. The molecule has 2 saturated heterocycles. The fourth-order valence-electron chi connectivity index (χ4n) is 4.28. The van der Waals surface area contributed by atoms with Crippen LogP contribution in [0.25, 0.3) is 11.4 Å². The molecule has 0 saturated carbocycles. The summed E-state index contributed by atoms with van der Waals surface area (Å²) in [7, 11) is 0. The van der Waals surface area contributed by atoms with Gasteiger partial charge in [0.15, 0.2) is 5.83 Å². The summed E-state index contributed by atoms with van der Waals surface area (Å²) >= 11 is 4.03. The first-order valence-electron chi connectivity index (χ1n) is 12.3. The van der Waals surface area contributed by atoms with Crippen LogP contribution < -0.4 is 10.2 Å². The van der Waals surface area contributed by atoms with Gasteiger partial charge in [0.05, 0.1) is 5.69 Å². The third-order valence-electron chi connectivity index (χ3n) is 6.29. The Morgan fingerprint density at radius 2 is 1.51 bits per heavy atom. The molecule has 2 heterocycles. The van der Waals surface area contributed by atoms with E-state index < -0.39 is 11.1 Å². The topological polar surface area (TPSA) is 18.5 Å². The Bertz CT molecular complexity index is 1130. The molecule has 2 fully saturated rings. The minimum Gasteiger partial charge on any atom is -0.381 e. The van der Waals surface area contributed by atoms with E-state index in [2.05, 4.69) is 28.3 Å². The second-order valence-electron chi connectivity index (χ2n) is 8.69. The number of hydrogen-bond donors (Lipinski definition) is 1. The molecule has 0 unspecified atom stereocenters. The normalized spacial score (nSPS) is 17.0. The van der Waals surface area contributed by atoms with Crippen molar-refractivity contribution in [1.82, 2.24) is 10.2 Å². The van der Waals surface area contributed by atoms with Gasteiger partial charge in [0.2, 0.25) is 0 Å². The van der Waals surface area contributed by atoms with Crippen molar-refractivity contribution in [3.8, 4) is 0 Å². The van der Waals surface area contributed by atoms with Crippen LogP contribution in [-0.2, 0) is 0 Å². The first kappa shape index (κ1) is 27.9. The standard InChI is InChI=1S/C28H32F3N3S3/c1-21(23-7-3-4-8-24(23)22(2)33-13-17-35-18-14-33)32-12-11-27(29)28(30,31)37-26-10-6-5-9-25(26)34-15-19-36-20-16-34/h3-11,32H,1-2,12-20H2/b27-11-. The molecule has 0 spiro atoms. The van der Waals surface area contributed by atoms with Crippen LogP contribution in [0.2, 0.25) is 0 Å². The molecule has 0 aliphatic carbocycles. The highest BCUT2D eigenvalue weighted by Gasteiger charge is 2.37. The Morgan fingerprint density at radius 1 is 0.919 bits per heavy atom. The molecule has 2 aromatic carbocycles. The predicted octanol–water partition coefficient (Wildman–Crippen LogP) is 7.06. The summed E-state index contributed by atoms with van der Waals surface area (Å²) in [6.07, 6.45) is 0.900. The first-order chi connectivity index (χ1) is 17.9. The summed E-state index contributed by atoms with van der Waals surface area (Å²) in [5, 5.41) is -0.679. The molecule has 0 atom stereocenters. The van der Waals surface area contributed by atoms with E-state index in [0.717, 1.165) is 77.8 Å². The molecule has 37 heavy (non-hydrogen) atoms. The van der Waals surface area contributed by atoms with E-state index in [-0.39, 0.29) is 18.3 Å². The zero-order valence-corrected chi connectivity index (χ0v) is 23.2. The number of halogens is 3. The lowest BCUT2D eigenvalue weighted by Crippen LogP contribution is -2.32. The van der Waals surface area contributed by atoms with E-state index >= 15 is 0 Å². The van der Waals surface area contributed by atoms with Crippen LogP contribution in [0.4, 0.5) is 18.9 Å². The minimum atomic E-state index is -3.68. The van der Waals surface area contributed by atoms with E-state index in [0.29, 0.717) is 10.6 Å². The molecule has 2 aromatic rings. The summed E-state index contributed by atoms with van der Waals surface area (Å²) in [5.41, 5.74) is 3.95. The number of nitrogens with one attached hydrogen (secondary N) is 1. The SMILES string of the molecule is C=C(NC/C=C(\F)C(F)(F)Sc1ccccc1N1CCSCC1)c1ccccc1C(=C)N1CCSCC1. The highest BCUT2D eigenvalue weighted by molar-refractivity contribution is 8.00. The van der Waals surface area contributed by atoms with Gasteiger partial charge in [-0.05, 0) is 30.0 Å². The van der Waals surface area contributed by atoms with E-state index in [1.54, 1.807) is 12.1 Å². The molecule has 0 amide bonds. The summed E-state index contributed by atoms with van der Waals surface area (Å²) < 4.78 is 44.5. The van der Waals surface area contributed by atoms with Crippen LogP contribution in [0.1, 0.15) is 11.1 Å². The van der Waals surface area contributed by atoms with E-state index in [9.17, 15) is 13.2 Å². The zero-order chi connectivity index (χ0) is 26.3. The Hall–Kier alpha value is -2.10. The van der Waals surface area contributed by atoms with Crippen molar-refractivity contribution >= 4 is 52.4 Å². The fraction of sp³-hybridized carbons (Fsp3) is 0.357. The van der Waals surface area contributed by atoms with Gasteiger partial charge in [-0.15, -0.1) is 0 Å². The van der Waals surface area contributed by atoms with Crippen molar-refractivity contribution < 1.29 is 13.2 Å². The van der Waals surface area contributed by atoms with Crippen LogP contribution in [0.3, 0.4) is 0 Å². The number of hydrogen-bond acceptors (Lipinski definition) is 6. The number of para-hydroxylation sites is 1. The highest BCUT2D eigenvalue weighted by Crippen LogP contribution is 2.45. The van der Waals surface area contributed by atoms with Crippen molar-refractivity contribution in [1.29, 1.82) is 0 Å². The largest absolute Gasteiger partial charge is 0.381 e. The summed E-state index contributed by atoms with van der Waals surface area (Å²) in [5.74, 6) is 2.54. The molecule has 9 heteroatoms. The van der Waals surface area contributed by atoms with Gasteiger partial charge in [-0.1, -0.05) is 49.6 Å². The monoisotopic (exact) mass is 563 g/mol. The molecule has 0 radical (unpaired) electrons. The quantitative estimate of drug-likeness (QED) is 0.310. The highest BCUT2D eigenvalue weighted by atomic mass is 32.2. The van der Waals surface area contributed by atoms with Crippen LogP contribution in [-0.4, -0.2) is 65.9 Å². The Morgan fingerprint density at radius 3 is 2.22 bits per heavy atom. The van der Waals surface area contributed by atoms with Crippen molar-refractivity contribution in [3.63, 3.8) is 0 Å². The Kier molecular flexibility index (Phi) is 9.90. The van der Waals surface area contributed by atoms with Crippen molar-refractivity contribution in [2.45, 2.75) is 10.2 Å². The predicted molar refractivity (Wildman–Crippen MR) is 157 cm³/mol. The summed E-state index contributed by atoms with van der Waals surface area (Å²) in [6.45, 7) is 11.7. The van der Waals surface area contributed by atoms with Gasteiger partial charge >= 0.3 is 5.25 Å². The molecule has 4 rings (SSSR count). The molecular weight excluding hydrogens is 532 g/mol. The van der Waals surface area contributed by atoms with Gasteiger partial charge in [-0.2, -0.15) is 32.3 Å². The van der Waals surface area contributed by atoms with Crippen LogP contribution in [0.5, 0.6) is 0 Å². The Labute approximate surface area is 230 Å². The number of benzene rings is 2. The second-order valence-corrected chi connectivity index (χ2v) is 12.3. The zero-order valence-electron chi connectivity index (χ0n) is 20.7.